The van der Waals surface area contributed by atoms with E-state index in [-0.39, 0.29) is 24.8 Å². The summed E-state index contributed by atoms with van der Waals surface area (Å²) in [6.07, 6.45) is 1.25. The molecular formula is C12H21Cl2N3. The van der Waals surface area contributed by atoms with Crippen LogP contribution in [-0.4, -0.2) is 38.1 Å². The van der Waals surface area contributed by atoms with E-state index in [1.807, 2.05) is 12.1 Å². The number of hydrogen-bond donors (Lipinski definition) is 1. The molecule has 0 saturated carbocycles. The fraction of sp³-hybridized carbons (Fsp3) is 0.500. The molecule has 0 spiro atoms. The molecule has 0 aromatic heterocycles. The molecule has 1 aromatic carbocycles. The molecule has 2 N–H and O–H groups in total. The molecule has 0 radical (unpaired) electrons. The highest BCUT2D eigenvalue weighted by molar-refractivity contribution is 5.85. The average Bonchev–Trinajstić information content (AvgIpc) is 2.68. The zero-order chi connectivity index (χ0) is 10.8. The van der Waals surface area contributed by atoms with Gasteiger partial charge in [-0.3, -0.25) is 0 Å². The molecule has 3 nitrogen and oxygen atoms in total. The Kier molecular flexibility index (Phi) is 6.68. The lowest BCUT2D eigenvalue weighted by molar-refractivity contribution is 0.315. The van der Waals surface area contributed by atoms with Gasteiger partial charge in [0.15, 0.2) is 0 Å². The molecule has 1 fully saturated rings. The summed E-state index contributed by atoms with van der Waals surface area (Å²) >= 11 is 0. The monoisotopic (exact) mass is 277 g/mol. The van der Waals surface area contributed by atoms with Gasteiger partial charge in [0.1, 0.15) is 0 Å². The maximum atomic E-state index is 5.67. The van der Waals surface area contributed by atoms with Crippen molar-refractivity contribution in [3.05, 3.63) is 24.3 Å². The zero-order valence-electron chi connectivity index (χ0n) is 10.3. The molecule has 0 aliphatic carbocycles. The van der Waals surface area contributed by atoms with Crippen molar-refractivity contribution < 1.29 is 0 Å². The molecule has 2 rings (SSSR count). The average molecular weight is 278 g/mol. The van der Waals surface area contributed by atoms with Crippen molar-refractivity contribution in [2.75, 3.05) is 37.8 Å². The van der Waals surface area contributed by atoms with Gasteiger partial charge in [0.25, 0.3) is 0 Å². The van der Waals surface area contributed by atoms with Crippen LogP contribution in [0.4, 0.5) is 11.4 Å². The van der Waals surface area contributed by atoms with Gasteiger partial charge in [-0.15, -0.1) is 24.8 Å². The molecule has 1 atom stereocenters. The Bertz CT molecular complexity index is 327. The highest BCUT2D eigenvalue weighted by atomic mass is 35.5. The van der Waals surface area contributed by atoms with Crippen LogP contribution < -0.4 is 10.6 Å². The smallest absolute Gasteiger partial charge is 0.0368 e. The molecule has 0 bridgehead atoms. The Morgan fingerprint density at radius 2 is 1.76 bits per heavy atom. The second-order valence-corrected chi connectivity index (χ2v) is 4.44. The number of nitrogens with zero attached hydrogens (tertiary/aromatic N) is 2. The topological polar surface area (TPSA) is 32.5 Å². The van der Waals surface area contributed by atoms with Gasteiger partial charge in [0, 0.05) is 30.5 Å². The highest BCUT2D eigenvalue weighted by Gasteiger charge is 2.23. The van der Waals surface area contributed by atoms with Crippen molar-refractivity contribution in [2.24, 2.45) is 0 Å². The normalized spacial score (nSPS) is 18.8. The number of nitrogen functional groups attached to an aromatic ring is 1. The van der Waals surface area contributed by atoms with Gasteiger partial charge in [-0.25, -0.2) is 0 Å². The van der Waals surface area contributed by atoms with Crippen LogP contribution in [-0.2, 0) is 0 Å². The number of benzene rings is 1. The predicted octanol–water partition coefficient (Wildman–Crippen LogP) is 2.25. The summed E-state index contributed by atoms with van der Waals surface area (Å²) in [7, 11) is 4.30. The summed E-state index contributed by atoms with van der Waals surface area (Å²) < 4.78 is 0. The molecule has 98 valence electrons. The number of hydrogen-bond acceptors (Lipinski definition) is 3. The van der Waals surface area contributed by atoms with Crippen LogP contribution >= 0.6 is 24.8 Å². The number of rotatable bonds is 2. The molecule has 1 unspecified atom stereocenters. The van der Waals surface area contributed by atoms with E-state index < -0.39 is 0 Å². The summed E-state index contributed by atoms with van der Waals surface area (Å²) in [6.45, 7) is 2.27. The van der Waals surface area contributed by atoms with E-state index in [1.165, 1.54) is 12.1 Å². The van der Waals surface area contributed by atoms with Gasteiger partial charge in [-0.2, -0.15) is 0 Å². The van der Waals surface area contributed by atoms with Crippen molar-refractivity contribution in [1.29, 1.82) is 0 Å². The minimum absolute atomic E-state index is 0. The van der Waals surface area contributed by atoms with Gasteiger partial charge in [0.2, 0.25) is 0 Å². The van der Waals surface area contributed by atoms with Crippen molar-refractivity contribution in [3.8, 4) is 0 Å². The lowest BCUT2D eigenvalue weighted by Crippen LogP contribution is -2.31. The third-order valence-corrected chi connectivity index (χ3v) is 3.15. The zero-order valence-corrected chi connectivity index (χ0v) is 11.9. The lowest BCUT2D eigenvalue weighted by Gasteiger charge is -2.21. The quantitative estimate of drug-likeness (QED) is 0.842. The Morgan fingerprint density at radius 1 is 1.18 bits per heavy atom. The molecular weight excluding hydrogens is 257 g/mol. The summed E-state index contributed by atoms with van der Waals surface area (Å²) in [4.78, 5) is 4.72. The standard InChI is InChI=1S/C12H19N3.2ClH/c1-14(2)12-7-8-15(9-12)11-5-3-10(13)4-6-11;;/h3-6,12H,7-9,13H2,1-2H3;2*1H. The second-order valence-electron chi connectivity index (χ2n) is 4.44. The van der Waals surface area contributed by atoms with Crippen LogP contribution in [0.2, 0.25) is 0 Å². The first kappa shape index (κ1) is 16.4. The molecule has 1 aliphatic heterocycles. The number of halogens is 2. The first-order chi connectivity index (χ1) is 7.16. The largest absolute Gasteiger partial charge is 0.399 e. The van der Waals surface area contributed by atoms with E-state index in [1.54, 1.807) is 0 Å². The number of likely N-dealkylation sites (N-methyl/N-ethyl adjacent to an activating group) is 1. The SMILES string of the molecule is CN(C)C1CCN(c2ccc(N)cc2)C1.Cl.Cl. The van der Waals surface area contributed by atoms with Crippen LogP contribution in [0, 0.1) is 0 Å². The second kappa shape index (κ2) is 6.94. The van der Waals surface area contributed by atoms with Gasteiger partial charge >= 0.3 is 0 Å². The summed E-state index contributed by atoms with van der Waals surface area (Å²) in [5.41, 5.74) is 7.80. The van der Waals surface area contributed by atoms with Crippen molar-refractivity contribution in [2.45, 2.75) is 12.5 Å². The van der Waals surface area contributed by atoms with Crippen LogP contribution in [0.3, 0.4) is 0 Å². The Labute approximate surface area is 116 Å². The van der Waals surface area contributed by atoms with E-state index in [2.05, 4.69) is 36.0 Å². The van der Waals surface area contributed by atoms with E-state index in [0.717, 1.165) is 18.8 Å². The van der Waals surface area contributed by atoms with Crippen LogP contribution in [0.25, 0.3) is 0 Å². The Morgan fingerprint density at radius 3 is 2.24 bits per heavy atom. The first-order valence-corrected chi connectivity index (χ1v) is 5.44. The Hall–Kier alpha value is -0.640. The first-order valence-electron chi connectivity index (χ1n) is 5.44. The summed E-state index contributed by atoms with van der Waals surface area (Å²) in [5.74, 6) is 0. The molecule has 0 amide bonds. The number of nitrogens with two attached hydrogens (primary N) is 1. The van der Waals surface area contributed by atoms with Crippen LogP contribution in [0.15, 0.2) is 24.3 Å². The fourth-order valence-electron chi connectivity index (χ4n) is 2.08. The lowest BCUT2D eigenvalue weighted by atomic mass is 10.2. The van der Waals surface area contributed by atoms with Crippen LogP contribution in [0.1, 0.15) is 6.42 Å². The fourth-order valence-corrected chi connectivity index (χ4v) is 2.08. The Balaban J connectivity index is 0.00000128. The molecule has 5 heteroatoms. The van der Waals surface area contributed by atoms with E-state index in [0.29, 0.717) is 6.04 Å². The molecule has 1 aromatic rings. The van der Waals surface area contributed by atoms with Gasteiger partial charge in [-0.1, -0.05) is 0 Å². The van der Waals surface area contributed by atoms with E-state index in [4.69, 9.17) is 5.73 Å². The van der Waals surface area contributed by atoms with Gasteiger partial charge < -0.3 is 15.5 Å². The molecule has 1 saturated heterocycles. The van der Waals surface area contributed by atoms with Gasteiger partial charge in [-0.05, 0) is 44.8 Å². The van der Waals surface area contributed by atoms with Crippen molar-refractivity contribution >= 4 is 36.2 Å². The predicted molar refractivity (Wildman–Crippen MR) is 79.7 cm³/mol. The minimum Gasteiger partial charge on any atom is -0.399 e. The van der Waals surface area contributed by atoms with Gasteiger partial charge in [0.05, 0.1) is 0 Å². The highest BCUT2D eigenvalue weighted by Crippen LogP contribution is 2.22. The minimum atomic E-state index is 0. The summed E-state index contributed by atoms with van der Waals surface area (Å²) in [6, 6.07) is 8.83. The maximum Gasteiger partial charge on any atom is 0.0368 e. The third kappa shape index (κ3) is 3.95. The third-order valence-electron chi connectivity index (χ3n) is 3.15. The van der Waals surface area contributed by atoms with Crippen molar-refractivity contribution in [1.82, 2.24) is 4.90 Å². The van der Waals surface area contributed by atoms with E-state index >= 15 is 0 Å². The summed E-state index contributed by atoms with van der Waals surface area (Å²) in [5, 5.41) is 0. The molecule has 17 heavy (non-hydrogen) atoms. The van der Waals surface area contributed by atoms with E-state index in [9.17, 15) is 0 Å². The number of anilines is 2. The molecule has 1 aliphatic rings. The maximum absolute atomic E-state index is 5.67. The van der Waals surface area contributed by atoms with Crippen LogP contribution in [0.5, 0.6) is 0 Å². The molecule has 1 heterocycles. The van der Waals surface area contributed by atoms with Crippen molar-refractivity contribution in [3.63, 3.8) is 0 Å².